The molecule has 1 aliphatic heterocycles. The van der Waals surface area contributed by atoms with E-state index in [-0.39, 0.29) is 11.8 Å². The Labute approximate surface area is 169 Å². The van der Waals surface area contributed by atoms with Gasteiger partial charge in [-0.1, -0.05) is 6.07 Å². The number of oxazole rings is 1. The van der Waals surface area contributed by atoms with Gasteiger partial charge in [0.1, 0.15) is 18.1 Å². The predicted octanol–water partition coefficient (Wildman–Crippen LogP) is 4.15. The summed E-state index contributed by atoms with van der Waals surface area (Å²) in [7, 11) is 1.52. The maximum Gasteiger partial charge on any atom is 0.290 e. The van der Waals surface area contributed by atoms with Gasteiger partial charge in [-0.3, -0.25) is 14.9 Å². The molecule has 1 aromatic carbocycles. The summed E-state index contributed by atoms with van der Waals surface area (Å²) in [6.45, 7) is 1.98. The van der Waals surface area contributed by atoms with E-state index in [4.69, 9.17) is 18.3 Å². The normalized spacial score (nSPS) is 15.0. The maximum atomic E-state index is 11.7. The van der Waals surface area contributed by atoms with Gasteiger partial charge in [0.2, 0.25) is 0 Å². The first kappa shape index (κ1) is 18.9. The van der Waals surface area contributed by atoms with Gasteiger partial charge in [-0.15, -0.1) is 0 Å². The van der Waals surface area contributed by atoms with Crippen molar-refractivity contribution in [2.75, 3.05) is 7.11 Å². The molecule has 29 heavy (non-hydrogen) atoms. The molecule has 0 aliphatic carbocycles. The second-order valence-corrected chi connectivity index (χ2v) is 7.07. The summed E-state index contributed by atoms with van der Waals surface area (Å²) in [6, 6.07) is 8.75. The summed E-state index contributed by atoms with van der Waals surface area (Å²) in [6.07, 6.45) is 3.17. The number of carbonyl (C=O) groups is 2. The van der Waals surface area contributed by atoms with Gasteiger partial charge in [-0.05, 0) is 54.6 Å². The van der Waals surface area contributed by atoms with Crippen LogP contribution in [0.15, 0.2) is 50.3 Å². The third-order valence-electron chi connectivity index (χ3n) is 4.12. The molecule has 0 bridgehead atoms. The monoisotopic (exact) mass is 412 g/mol. The molecular weight excluding hydrogens is 396 g/mol. The van der Waals surface area contributed by atoms with Crippen LogP contribution in [0.4, 0.5) is 4.79 Å². The highest BCUT2D eigenvalue weighted by atomic mass is 32.2. The molecule has 4 rings (SSSR count). The zero-order valence-corrected chi connectivity index (χ0v) is 16.4. The molecule has 1 saturated heterocycles. The Balaban J connectivity index is 1.50. The van der Waals surface area contributed by atoms with E-state index < -0.39 is 5.91 Å². The van der Waals surface area contributed by atoms with E-state index in [0.29, 0.717) is 45.1 Å². The van der Waals surface area contributed by atoms with E-state index in [1.54, 1.807) is 49.6 Å². The topological polar surface area (TPSA) is 104 Å². The molecule has 0 atom stereocenters. The lowest BCUT2D eigenvalue weighted by Gasteiger charge is -2.10. The average molecular weight is 412 g/mol. The summed E-state index contributed by atoms with van der Waals surface area (Å²) >= 11 is 0.860. The number of hydrogen-bond acceptors (Lipinski definition) is 8. The number of rotatable bonds is 6. The van der Waals surface area contributed by atoms with Gasteiger partial charge in [-0.25, -0.2) is 4.98 Å². The number of aromatic nitrogens is 1. The first-order valence-electron chi connectivity index (χ1n) is 8.59. The van der Waals surface area contributed by atoms with Crippen molar-refractivity contribution in [3.05, 3.63) is 58.5 Å². The highest BCUT2D eigenvalue weighted by Gasteiger charge is 2.25. The zero-order chi connectivity index (χ0) is 20.4. The molecule has 1 N–H and O–H groups in total. The largest absolute Gasteiger partial charge is 0.493 e. The molecular formula is C20H16N2O6S. The molecule has 9 heteroatoms. The fourth-order valence-corrected chi connectivity index (χ4v) is 3.36. The number of nitrogens with one attached hydrogen (secondary N) is 1. The molecule has 2 amide bonds. The van der Waals surface area contributed by atoms with E-state index >= 15 is 0 Å². The van der Waals surface area contributed by atoms with Crippen molar-refractivity contribution in [3.8, 4) is 23.1 Å². The van der Waals surface area contributed by atoms with Gasteiger partial charge in [0.25, 0.3) is 17.0 Å². The Kier molecular flexibility index (Phi) is 5.13. The summed E-state index contributed by atoms with van der Waals surface area (Å²) in [5, 5.41) is 1.84. The van der Waals surface area contributed by atoms with Crippen LogP contribution in [-0.2, 0) is 11.4 Å². The van der Waals surface area contributed by atoms with Gasteiger partial charge in [0.05, 0.1) is 18.3 Å². The minimum Gasteiger partial charge on any atom is -0.493 e. The van der Waals surface area contributed by atoms with Crippen LogP contribution in [0.5, 0.6) is 11.5 Å². The number of methoxy groups -OCH3 is 1. The van der Waals surface area contributed by atoms with E-state index in [1.165, 1.54) is 7.11 Å². The van der Waals surface area contributed by atoms with Crippen molar-refractivity contribution >= 4 is 29.0 Å². The van der Waals surface area contributed by atoms with E-state index in [1.807, 2.05) is 0 Å². The number of ether oxygens (including phenoxy) is 2. The van der Waals surface area contributed by atoms with Crippen LogP contribution >= 0.6 is 11.8 Å². The van der Waals surface area contributed by atoms with Crippen molar-refractivity contribution in [2.45, 2.75) is 13.5 Å². The van der Waals surface area contributed by atoms with Gasteiger partial charge in [0.15, 0.2) is 17.3 Å². The van der Waals surface area contributed by atoms with Crippen LogP contribution in [0.25, 0.3) is 17.7 Å². The number of benzene rings is 1. The van der Waals surface area contributed by atoms with Crippen molar-refractivity contribution < 1.29 is 27.9 Å². The molecule has 8 nitrogen and oxygen atoms in total. The summed E-state index contributed by atoms with van der Waals surface area (Å²) < 4.78 is 22.2. The van der Waals surface area contributed by atoms with E-state index in [9.17, 15) is 9.59 Å². The minimum absolute atomic E-state index is 0.180. The lowest BCUT2D eigenvalue weighted by molar-refractivity contribution is -0.115. The van der Waals surface area contributed by atoms with Crippen molar-refractivity contribution in [1.29, 1.82) is 0 Å². The third-order valence-corrected chi connectivity index (χ3v) is 4.93. The van der Waals surface area contributed by atoms with Crippen LogP contribution in [0, 0.1) is 6.92 Å². The van der Waals surface area contributed by atoms with Gasteiger partial charge < -0.3 is 18.3 Å². The molecule has 3 heterocycles. The quantitative estimate of drug-likeness (QED) is 0.602. The molecule has 1 fully saturated rings. The smallest absolute Gasteiger partial charge is 0.290 e. The highest BCUT2D eigenvalue weighted by molar-refractivity contribution is 8.18. The summed E-state index contributed by atoms with van der Waals surface area (Å²) in [4.78, 5) is 27.7. The lowest BCUT2D eigenvalue weighted by atomic mass is 10.2. The Bertz CT molecular complexity index is 1100. The second kappa shape index (κ2) is 7.88. The van der Waals surface area contributed by atoms with Gasteiger partial charge in [0, 0.05) is 0 Å². The SMILES string of the molecule is COc1cc(C=C2SC(=O)NC2=O)ccc1OCc1nc(-c2ccco2)oc1C. The fourth-order valence-electron chi connectivity index (χ4n) is 2.68. The predicted molar refractivity (Wildman–Crippen MR) is 105 cm³/mol. The molecule has 0 spiro atoms. The molecule has 0 saturated carbocycles. The molecule has 148 valence electrons. The average Bonchev–Trinajstić information content (AvgIpc) is 3.42. The molecule has 0 radical (unpaired) electrons. The van der Waals surface area contributed by atoms with E-state index in [0.717, 1.165) is 11.8 Å². The van der Waals surface area contributed by atoms with Crippen LogP contribution in [0.3, 0.4) is 0 Å². The van der Waals surface area contributed by atoms with Crippen LogP contribution in [0.1, 0.15) is 17.0 Å². The molecule has 2 aromatic heterocycles. The van der Waals surface area contributed by atoms with Gasteiger partial charge >= 0.3 is 0 Å². The molecule has 3 aromatic rings. The number of amides is 2. The standard InChI is InChI=1S/C20H16N2O6S/c1-11-13(21-19(28-11)15-4-3-7-26-15)10-27-14-6-5-12(8-16(14)25-2)9-17-18(23)22-20(24)29-17/h3-9H,10H2,1-2H3,(H,22,23,24). The Hall–Kier alpha value is -3.46. The minimum atomic E-state index is -0.409. The first-order chi connectivity index (χ1) is 14.0. The number of imide groups is 1. The highest BCUT2D eigenvalue weighted by Crippen LogP contribution is 2.32. The van der Waals surface area contributed by atoms with Crippen molar-refractivity contribution in [3.63, 3.8) is 0 Å². The third kappa shape index (κ3) is 4.04. The molecule has 0 unspecified atom stereocenters. The number of hydrogen-bond donors (Lipinski definition) is 1. The number of aryl methyl sites for hydroxylation is 1. The number of thioether (sulfide) groups is 1. The van der Waals surface area contributed by atoms with Crippen LogP contribution < -0.4 is 14.8 Å². The van der Waals surface area contributed by atoms with Crippen LogP contribution in [0.2, 0.25) is 0 Å². The van der Waals surface area contributed by atoms with Crippen molar-refractivity contribution in [1.82, 2.24) is 10.3 Å². The molecule has 1 aliphatic rings. The number of furan rings is 1. The zero-order valence-electron chi connectivity index (χ0n) is 15.6. The summed E-state index contributed by atoms with van der Waals surface area (Å²) in [5.41, 5.74) is 1.35. The second-order valence-electron chi connectivity index (χ2n) is 6.05. The lowest BCUT2D eigenvalue weighted by Crippen LogP contribution is -2.17. The van der Waals surface area contributed by atoms with Gasteiger partial charge in [-0.2, -0.15) is 0 Å². The Morgan fingerprint density at radius 2 is 2.10 bits per heavy atom. The summed E-state index contributed by atoms with van der Waals surface area (Å²) in [5.74, 6) is 2.15. The number of carbonyl (C=O) groups excluding carboxylic acids is 2. The fraction of sp³-hybridized carbons (Fsp3) is 0.150. The van der Waals surface area contributed by atoms with E-state index in [2.05, 4.69) is 10.3 Å². The first-order valence-corrected chi connectivity index (χ1v) is 9.41. The Morgan fingerprint density at radius 1 is 1.24 bits per heavy atom. The Morgan fingerprint density at radius 3 is 2.79 bits per heavy atom. The number of nitrogens with zero attached hydrogens (tertiary/aromatic N) is 1. The van der Waals surface area contributed by atoms with Crippen LogP contribution in [-0.4, -0.2) is 23.2 Å². The maximum absolute atomic E-state index is 11.7. The van der Waals surface area contributed by atoms with Crippen molar-refractivity contribution in [2.24, 2.45) is 0 Å².